The van der Waals surface area contributed by atoms with Crippen LogP contribution in [0, 0.1) is 0 Å². The van der Waals surface area contributed by atoms with Gasteiger partial charge in [0, 0.05) is 54.6 Å². The first-order chi connectivity index (χ1) is 17.7. The van der Waals surface area contributed by atoms with Crippen molar-refractivity contribution in [3.8, 4) is 0 Å². The first-order valence-corrected chi connectivity index (χ1v) is 14.6. The van der Waals surface area contributed by atoms with E-state index in [1.807, 2.05) is 0 Å². The summed E-state index contributed by atoms with van der Waals surface area (Å²) >= 11 is 7.34. The Morgan fingerprint density at radius 1 is 0.417 bits per heavy atom. The number of halogens is 2. The zero-order chi connectivity index (χ0) is 24.5. The molecular formula is C32H30Br2N2. The van der Waals surface area contributed by atoms with Crippen LogP contribution in [0.4, 0.5) is 0 Å². The Bertz CT molecular complexity index is 1560. The lowest BCUT2D eigenvalue weighted by atomic mass is 10.1. The molecule has 2 nitrogen and oxygen atoms in total. The molecule has 2 aromatic heterocycles. The number of hydrogen-bond acceptors (Lipinski definition) is 0. The summed E-state index contributed by atoms with van der Waals surface area (Å²) in [4.78, 5) is 0. The highest BCUT2D eigenvalue weighted by Crippen LogP contribution is 2.33. The van der Waals surface area contributed by atoms with Crippen molar-refractivity contribution in [2.75, 3.05) is 0 Å². The third-order valence-electron chi connectivity index (χ3n) is 7.48. The van der Waals surface area contributed by atoms with Gasteiger partial charge in [0.05, 0.1) is 11.0 Å². The molecule has 0 amide bonds. The molecule has 36 heavy (non-hydrogen) atoms. The van der Waals surface area contributed by atoms with Gasteiger partial charge in [0.1, 0.15) is 0 Å². The van der Waals surface area contributed by atoms with Crippen LogP contribution >= 0.6 is 31.9 Å². The van der Waals surface area contributed by atoms with Crippen molar-refractivity contribution >= 4 is 75.5 Å². The lowest BCUT2D eigenvalue weighted by Crippen LogP contribution is -1.99. The molecule has 0 atom stereocenters. The van der Waals surface area contributed by atoms with Gasteiger partial charge in [-0.15, -0.1) is 0 Å². The van der Waals surface area contributed by atoms with Crippen LogP contribution in [0.5, 0.6) is 0 Å². The minimum absolute atomic E-state index is 1.06. The first-order valence-electron chi connectivity index (χ1n) is 13.0. The molecular weight excluding hydrogens is 572 g/mol. The third-order valence-corrected chi connectivity index (χ3v) is 8.47. The summed E-state index contributed by atoms with van der Waals surface area (Å²) in [6.07, 6.45) is 7.62. The number of nitrogens with zero attached hydrogens (tertiary/aromatic N) is 2. The van der Waals surface area contributed by atoms with Gasteiger partial charge in [0.25, 0.3) is 0 Å². The Morgan fingerprint density at radius 2 is 0.806 bits per heavy atom. The van der Waals surface area contributed by atoms with Crippen LogP contribution in [-0.4, -0.2) is 9.13 Å². The molecule has 0 fully saturated rings. The molecule has 0 spiro atoms. The van der Waals surface area contributed by atoms with Crippen LogP contribution in [0.25, 0.3) is 43.6 Å². The summed E-state index contributed by atoms with van der Waals surface area (Å²) in [5, 5.41) is 5.42. The molecule has 0 aliphatic heterocycles. The van der Waals surface area contributed by atoms with Crippen molar-refractivity contribution in [3.63, 3.8) is 0 Å². The topological polar surface area (TPSA) is 9.86 Å². The van der Waals surface area contributed by atoms with E-state index in [1.165, 1.54) is 82.1 Å². The molecule has 0 aliphatic rings. The van der Waals surface area contributed by atoms with Gasteiger partial charge in [-0.05, 0) is 49.2 Å². The number of rotatable bonds is 9. The van der Waals surface area contributed by atoms with E-state index >= 15 is 0 Å². The summed E-state index contributed by atoms with van der Waals surface area (Å²) in [7, 11) is 0. The molecule has 0 saturated heterocycles. The zero-order valence-corrected chi connectivity index (χ0v) is 23.6. The van der Waals surface area contributed by atoms with Gasteiger partial charge in [-0.25, -0.2) is 0 Å². The average molecular weight is 602 g/mol. The highest BCUT2D eigenvalue weighted by Gasteiger charge is 2.12. The molecule has 0 saturated carbocycles. The van der Waals surface area contributed by atoms with Gasteiger partial charge in [-0.2, -0.15) is 0 Å². The van der Waals surface area contributed by atoms with E-state index in [0.717, 1.165) is 22.0 Å². The Kier molecular flexibility index (Phi) is 6.90. The minimum atomic E-state index is 1.06. The molecule has 0 aliphatic carbocycles. The predicted octanol–water partition coefficient (Wildman–Crippen LogP) is 10.5. The Balaban J connectivity index is 1.05. The normalized spacial score (nSPS) is 11.9. The van der Waals surface area contributed by atoms with Crippen LogP contribution in [0.2, 0.25) is 0 Å². The van der Waals surface area contributed by atoms with E-state index < -0.39 is 0 Å². The Morgan fingerprint density at radius 3 is 1.31 bits per heavy atom. The lowest BCUT2D eigenvalue weighted by molar-refractivity contribution is 0.545. The monoisotopic (exact) mass is 600 g/mol. The van der Waals surface area contributed by atoms with Crippen LogP contribution < -0.4 is 0 Å². The third kappa shape index (κ3) is 4.50. The smallest absolute Gasteiger partial charge is 0.0502 e. The van der Waals surface area contributed by atoms with Crippen molar-refractivity contribution in [2.24, 2.45) is 0 Å². The molecule has 182 valence electrons. The fourth-order valence-electron chi connectivity index (χ4n) is 5.77. The van der Waals surface area contributed by atoms with E-state index in [0.29, 0.717) is 0 Å². The summed E-state index contributed by atoms with van der Waals surface area (Å²) in [5.74, 6) is 0. The van der Waals surface area contributed by atoms with Crippen LogP contribution in [0.3, 0.4) is 0 Å². The second kappa shape index (κ2) is 10.4. The Hall–Kier alpha value is -2.56. The number of unbranched alkanes of at least 4 members (excludes halogenated alkanes) is 5. The van der Waals surface area contributed by atoms with Crippen molar-refractivity contribution in [1.29, 1.82) is 0 Å². The quantitative estimate of drug-likeness (QED) is 0.146. The number of para-hydroxylation sites is 2. The largest absolute Gasteiger partial charge is 0.340 e. The summed E-state index contributed by atoms with van der Waals surface area (Å²) in [6.45, 7) is 2.16. The molecule has 0 N–H and O–H groups in total. The van der Waals surface area contributed by atoms with Crippen molar-refractivity contribution in [1.82, 2.24) is 9.13 Å². The summed E-state index contributed by atoms with van der Waals surface area (Å²) < 4.78 is 7.30. The first kappa shape index (κ1) is 23.8. The molecule has 0 unspecified atom stereocenters. The standard InChI is InChI=1S/C32H30Br2N2/c33-23-15-17-27-28-18-16-24(34)22-32(28)36(31(27)21-23)20-10-4-2-1-3-9-19-35-29-13-7-5-11-25(29)26-12-6-8-14-30(26)35/h5-8,11-18,21-22H,1-4,9-10,19-20H2. The minimum Gasteiger partial charge on any atom is -0.340 e. The molecule has 0 radical (unpaired) electrons. The maximum atomic E-state index is 3.67. The highest BCUT2D eigenvalue weighted by molar-refractivity contribution is 9.10. The van der Waals surface area contributed by atoms with Gasteiger partial charge >= 0.3 is 0 Å². The van der Waals surface area contributed by atoms with Gasteiger partial charge in [-0.1, -0.05) is 106 Å². The van der Waals surface area contributed by atoms with E-state index in [4.69, 9.17) is 0 Å². The molecule has 6 aromatic rings. The van der Waals surface area contributed by atoms with E-state index in [9.17, 15) is 0 Å². The van der Waals surface area contributed by atoms with Gasteiger partial charge in [0.2, 0.25) is 0 Å². The maximum Gasteiger partial charge on any atom is 0.0502 e. The van der Waals surface area contributed by atoms with Crippen molar-refractivity contribution < 1.29 is 0 Å². The number of fused-ring (bicyclic) bond motifs is 6. The van der Waals surface area contributed by atoms with E-state index in [-0.39, 0.29) is 0 Å². The number of hydrogen-bond donors (Lipinski definition) is 0. The number of benzene rings is 4. The molecule has 2 heterocycles. The highest BCUT2D eigenvalue weighted by atomic mass is 79.9. The van der Waals surface area contributed by atoms with E-state index in [1.54, 1.807) is 0 Å². The zero-order valence-electron chi connectivity index (χ0n) is 20.4. The van der Waals surface area contributed by atoms with Crippen LogP contribution in [0.1, 0.15) is 38.5 Å². The Labute approximate surface area is 229 Å². The van der Waals surface area contributed by atoms with Crippen LogP contribution in [0.15, 0.2) is 93.9 Å². The molecule has 4 heteroatoms. The summed E-state index contributed by atoms with van der Waals surface area (Å²) in [5.41, 5.74) is 5.37. The van der Waals surface area contributed by atoms with Gasteiger partial charge in [0.15, 0.2) is 0 Å². The predicted molar refractivity (Wildman–Crippen MR) is 162 cm³/mol. The second-order valence-corrected chi connectivity index (χ2v) is 11.6. The lowest BCUT2D eigenvalue weighted by Gasteiger charge is -2.09. The van der Waals surface area contributed by atoms with E-state index in [2.05, 4.69) is 126 Å². The average Bonchev–Trinajstić information content (AvgIpc) is 3.37. The fourth-order valence-corrected chi connectivity index (χ4v) is 6.47. The van der Waals surface area contributed by atoms with Crippen LogP contribution in [-0.2, 0) is 13.1 Å². The molecule has 0 bridgehead atoms. The van der Waals surface area contributed by atoms with Gasteiger partial charge in [-0.3, -0.25) is 0 Å². The van der Waals surface area contributed by atoms with Crippen molar-refractivity contribution in [3.05, 3.63) is 93.9 Å². The van der Waals surface area contributed by atoms with Crippen molar-refractivity contribution in [2.45, 2.75) is 51.6 Å². The van der Waals surface area contributed by atoms with Gasteiger partial charge < -0.3 is 9.13 Å². The number of aryl methyl sites for hydroxylation is 2. The molecule has 4 aromatic carbocycles. The fraction of sp³-hybridized carbons (Fsp3) is 0.250. The maximum absolute atomic E-state index is 3.67. The number of aromatic nitrogens is 2. The molecule has 6 rings (SSSR count). The SMILES string of the molecule is Brc1ccc2c3ccc(Br)cc3n(CCCCCCCCn3c4ccccc4c4ccccc43)c2c1. The second-order valence-electron chi connectivity index (χ2n) is 9.78. The summed E-state index contributed by atoms with van der Waals surface area (Å²) in [6, 6.07) is 30.9.